The van der Waals surface area contributed by atoms with Crippen LogP contribution in [0.15, 0.2) is 60.8 Å². The average molecular weight is 373 g/mol. The maximum absolute atomic E-state index is 12.6. The fraction of sp³-hybridized carbons (Fsp3) is 0.136. The molecular weight excluding hydrogens is 354 g/mol. The molecule has 0 atom stereocenters. The SMILES string of the molecule is COCc1cccc(C(=O)Nc2ccc(Oc3ncccc3C#N)cc2C)c1. The van der Waals surface area contributed by atoms with Crippen LogP contribution in [0.2, 0.25) is 0 Å². The third-order valence-electron chi connectivity index (χ3n) is 4.05. The van der Waals surface area contributed by atoms with Gasteiger partial charge in [0, 0.05) is 24.6 Å². The molecule has 1 amide bonds. The van der Waals surface area contributed by atoms with E-state index in [9.17, 15) is 4.79 Å². The molecule has 6 nitrogen and oxygen atoms in total. The second-order valence-corrected chi connectivity index (χ2v) is 6.13. The number of nitriles is 1. The van der Waals surface area contributed by atoms with Crippen molar-refractivity contribution >= 4 is 11.6 Å². The standard InChI is InChI=1S/C22H19N3O3/c1-15-11-19(28-22-18(13-23)7-4-10-24-22)8-9-20(15)25-21(26)17-6-3-5-16(12-17)14-27-2/h3-12H,14H2,1-2H3,(H,25,26). The summed E-state index contributed by atoms with van der Waals surface area (Å²) >= 11 is 0. The Morgan fingerprint density at radius 1 is 1.18 bits per heavy atom. The van der Waals surface area contributed by atoms with Gasteiger partial charge in [-0.25, -0.2) is 4.98 Å². The summed E-state index contributed by atoms with van der Waals surface area (Å²) in [6.07, 6.45) is 1.56. The van der Waals surface area contributed by atoms with Crippen LogP contribution in [0, 0.1) is 18.3 Å². The Labute approximate surface area is 163 Å². The first-order chi connectivity index (χ1) is 13.6. The number of carbonyl (C=O) groups excluding carboxylic acids is 1. The second kappa shape index (κ2) is 8.80. The van der Waals surface area contributed by atoms with Gasteiger partial charge in [-0.05, 0) is 60.5 Å². The second-order valence-electron chi connectivity index (χ2n) is 6.13. The number of methoxy groups -OCH3 is 1. The predicted octanol–water partition coefficient (Wildman–Crippen LogP) is 4.45. The molecular formula is C22H19N3O3. The van der Waals surface area contributed by atoms with Gasteiger partial charge in [-0.2, -0.15) is 5.26 Å². The number of rotatable bonds is 6. The Morgan fingerprint density at radius 2 is 2.04 bits per heavy atom. The number of hydrogen-bond acceptors (Lipinski definition) is 5. The van der Waals surface area contributed by atoms with Crippen molar-refractivity contribution in [2.75, 3.05) is 12.4 Å². The van der Waals surface area contributed by atoms with Crippen LogP contribution in [-0.2, 0) is 11.3 Å². The number of pyridine rings is 1. The minimum Gasteiger partial charge on any atom is -0.438 e. The number of carbonyl (C=O) groups is 1. The van der Waals surface area contributed by atoms with Crippen LogP contribution in [0.5, 0.6) is 11.6 Å². The number of ether oxygens (including phenoxy) is 2. The molecule has 3 rings (SSSR count). The molecule has 28 heavy (non-hydrogen) atoms. The van der Waals surface area contributed by atoms with Gasteiger partial charge in [0.2, 0.25) is 5.88 Å². The quantitative estimate of drug-likeness (QED) is 0.690. The maximum atomic E-state index is 12.6. The van der Waals surface area contributed by atoms with E-state index in [2.05, 4.69) is 10.3 Å². The number of aryl methyl sites for hydroxylation is 1. The van der Waals surface area contributed by atoms with Gasteiger partial charge in [0.25, 0.3) is 5.91 Å². The molecule has 3 aromatic rings. The van der Waals surface area contributed by atoms with Crippen molar-refractivity contribution in [2.24, 2.45) is 0 Å². The number of nitrogens with zero attached hydrogens (tertiary/aromatic N) is 2. The van der Waals surface area contributed by atoms with Gasteiger partial charge in [-0.15, -0.1) is 0 Å². The predicted molar refractivity (Wildman–Crippen MR) is 105 cm³/mol. The summed E-state index contributed by atoms with van der Waals surface area (Å²) in [5.74, 6) is 0.579. The number of anilines is 1. The molecule has 1 heterocycles. The summed E-state index contributed by atoms with van der Waals surface area (Å²) in [6.45, 7) is 2.32. The molecule has 6 heteroatoms. The van der Waals surface area contributed by atoms with E-state index < -0.39 is 0 Å². The summed E-state index contributed by atoms with van der Waals surface area (Å²) < 4.78 is 10.8. The highest BCUT2D eigenvalue weighted by molar-refractivity contribution is 6.04. The Balaban J connectivity index is 1.75. The lowest BCUT2D eigenvalue weighted by molar-refractivity contribution is 0.102. The highest BCUT2D eigenvalue weighted by Gasteiger charge is 2.11. The molecule has 0 fully saturated rings. The molecule has 0 aliphatic carbocycles. The lowest BCUT2D eigenvalue weighted by Gasteiger charge is -2.12. The van der Waals surface area contributed by atoms with Crippen LogP contribution in [-0.4, -0.2) is 18.0 Å². The van der Waals surface area contributed by atoms with E-state index in [1.807, 2.05) is 25.1 Å². The first kappa shape index (κ1) is 19.1. The third-order valence-corrected chi connectivity index (χ3v) is 4.05. The Kier molecular flexibility index (Phi) is 6.00. The van der Waals surface area contributed by atoms with Crippen LogP contribution >= 0.6 is 0 Å². The van der Waals surface area contributed by atoms with Gasteiger partial charge in [0.1, 0.15) is 17.4 Å². The third kappa shape index (κ3) is 4.53. The van der Waals surface area contributed by atoms with Gasteiger partial charge in [-0.3, -0.25) is 4.79 Å². The van der Waals surface area contributed by atoms with Crippen LogP contribution in [0.1, 0.15) is 27.0 Å². The monoisotopic (exact) mass is 373 g/mol. The van der Waals surface area contributed by atoms with Crippen LogP contribution in [0.25, 0.3) is 0 Å². The molecule has 0 unspecified atom stereocenters. The fourth-order valence-electron chi connectivity index (χ4n) is 2.67. The Bertz CT molecular complexity index is 1040. The molecule has 1 aromatic heterocycles. The van der Waals surface area contributed by atoms with Gasteiger partial charge in [0.15, 0.2) is 0 Å². The molecule has 0 aliphatic heterocycles. The van der Waals surface area contributed by atoms with Crippen LogP contribution in [0.4, 0.5) is 5.69 Å². The van der Waals surface area contributed by atoms with Crippen molar-refractivity contribution in [1.29, 1.82) is 5.26 Å². The van der Waals surface area contributed by atoms with Crippen LogP contribution < -0.4 is 10.1 Å². The minimum atomic E-state index is -0.203. The molecule has 0 saturated carbocycles. The summed E-state index contributed by atoms with van der Waals surface area (Å²) in [4.78, 5) is 16.6. The Hall–Kier alpha value is -3.69. The maximum Gasteiger partial charge on any atom is 0.255 e. The van der Waals surface area contributed by atoms with Gasteiger partial charge in [-0.1, -0.05) is 12.1 Å². The van der Waals surface area contributed by atoms with Gasteiger partial charge >= 0.3 is 0 Å². The molecule has 140 valence electrons. The lowest BCUT2D eigenvalue weighted by atomic mass is 10.1. The number of hydrogen-bond donors (Lipinski definition) is 1. The molecule has 0 saturated heterocycles. The number of amides is 1. The zero-order chi connectivity index (χ0) is 19.9. The molecule has 0 aliphatic rings. The molecule has 0 bridgehead atoms. The van der Waals surface area contributed by atoms with E-state index in [0.29, 0.717) is 29.2 Å². The summed E-state index contributed by atoms with van der Waals surface area (Å²) in [5.41, 5.74) is 3.35. The fourth-order valence-corrected chi connectivity index (χ4v) is 2.67. The number of nitrogens with one attached hydrogen (secondary N) is 1. The van der Waals surface area contributed by atoms with Crippen molar-refractivity contribution in [3.05, 3.63) is 83.0 Å². The largest absolute Gasteiger partial charge is 0.438 e. The topological polar surface area (TPSA) is 84.2 Å². The normalized spacial score (nSPS) is 10.2. The zero-order valence-electron chi connectivity index (χ0n) is 15.6. The molecule has 2 aromatic carbocycles. The van der Waals surface area contributed by atoms with E-state index in [4.69, 9.17) is 14.7 Å². The van der Waals surface area contributed by atoms with Gasteiger partial charge in [0.05, 0.1) is 6.61 Å². The molecule has 0 radical (unpaired) electrons. The minimum absolute atomic E-state index is 0.203. The summed E-state index contributed by atoms with van der Waals surface area (Å²) in [6, 6.07) is 17.9. The van der Waals surface area contributed by atoms with E-state index in [-0.39, 0.29) is 11.8 Å². The zero-order valence-corrected chi connectivity index (χ0v) is 15.6. The summed E-state index contributed by atoms with van der Waals surface area (Å²) in [7, 11) is 1.62. The molecule has 0 spiro atoms. The van der Waals surface area contributed by atoms with Crippen molar-refractivity contribution in [3.8, 4) is 17.7 Å². The van der Waals surface area contributed by atoms with Crippen molar-refractivity contribution in [3.63, 3.8) is 0 Å². The number of aromatic nitrogens is 1. The van der Waals surface area contributed by atoms with E-state index in [0.717, 1.165) is 11.1 Å². The van der Waals surface area contributed by atoms with E-state index in [1.165, 1.54) is 0 Å². The lowest BCUT2D eigenvalue weighted by Crippen LogP contribution is -2.13. The average Bonchev–Trinajstić information content (AvgIpc) is 2.71. The Morgan fingerprint density at radius 3 is 2.79 bits per heavy atom. The van der Waals surface area contributed by atoms with Gasteiger partial charge < -0.3 is 14.8 Å². The highest BCUT2D eigenvalue weighted by atomic mass is 16.5. The number of benzene rings is 2. The summed E-state index contributed by atoms with van der Waals surface area (Å²) in [5, 5.41) is 12.0. The first-order valence-corrected chi connectivity index (χ1v) is 8.63. The first-order valence-electron chi connectivity index (χ1n) is 8.63. The van der Waals surface area contributed by atoms with Crippen LogP contribution in [0.3, 0.4) is 0 Å². The smallest absolute Gasteiger partial charge is 0.255 e. The van der Waals surface area contributed by atoms with Crippen molar-refractivity contribution in [1.82, 2.24) is 4.98 Å². The van der Waals surface area contributed by atoms with E-state index in [1.54, 1.807) is 55.8 Å². The molecule has 1 N–H and O–H groups in total. The highest BCUT2D eigenvalue weighted by Crippen LogP contribution is 2.27. The van der Waals surface area contributed by atoms with Crippen molar-refractivity contribution in [2.45, 2.75) is 13.5 Å². The van der Waals surface area contributed by atoms with Crippen molar-refractivity contribution < 1.29 is 14.3 Å². The van der Waals surface area contributed by atoms with E-state index >= 15 is 0 Å².